The van der Waals surface area contributed by atoms with Crippen LogP contribution in [0.3, 0.4) is 0 Å². The average Bonchev–Trinajstić information content (AvgIpc) is 3.01. The lowest BCUT2D eigenvalue weighted by molar-refractivity contribution is -0.131. The van der Waals surface area contributed by atoms with Gasteiger partial charge in [0.2, 0.25) is 5.91 Å². The molecule has 276 valence electrons. The highest BCUT2D eigenvalue weighted by atomic mass is 32.2. The van der Waals surface area contributed by atoms with E-state index in [1.165, 1.54) is 141 Å². The van der Waals surface area contributed by atoms with Gasteiger partial charge in [-0.25, -0.2) is 0 Å². The number of carbonyl (C=O) groups excluding carboxylic acids is 1. The Morgan fingerprint density at radius 2 is 0.783 bits per heavy atom. The van der Waals surface area contributed by atoms with Crippen molar-refractivity contribution in [3.05, 3.63) is 0 Å². The number of hydrogen-bond acceptors (Lipinski definition) is 5. The highest BCUT2D eigenvalue weighted by Crippen LogP contribution is 2.16. The number of unbranched alkanes of at least 4 members (excludes halogenated alkanes) is 27. The normalized spacial score (nSPS) is 13.9. The number of aliphatic hydroxyl groups is 2. The second-order valence-electron chi connectivity index (χ2n) is 14.1. The summed E-state index contributed by atoms with van der Waals surface area (Å²) in [5, 5.41) is 23.5. The van der Waals surface area contributed by atoms with Gasteiger partial charge in [-0.1, -0.05) is 200 Å². The maximum atomic E-state index is 12.6. The van der Waals surface area contributed by atoms with Gasteiger partial charge in [0.25, 0.3) is 10.1 Å². The minimum atomic E-state index is -4.40. The lowest BCUT2D eigenvalue weighted by Gasteiger charge is -2.24. The van der Waals surface area contributed by atoms with Crippen LogP contribution in [0.25, 0.3) is 0 Å². The summed E-state index contributed by atoms with van der Waals surface area (Å²) >= 11 is 0. The Balaban J connectivity index is 3.97. The third-order valence-electron chi connectivity index (χ3n) is 9.42. The van der Waals surface area contributed by atoms with Gasteiger partial charge in [-0.3, -0.25) is 9.35 Å². The maximum absolute atomic E-state index is 12.6. The topological polar surface area (TPSA) is 124 Å². The molecule has 0 rings (SSSR count). The number of carbonyl (C=O) groups is 1. The lowest BCUT2D eigenvalue weighted by Crippen LogP contribution is -2.50. The second kappa shape index (κ2) is 32.8. The summed E-state index contributed by atoms with van der Waals surface area (Å²) < 4.78 is 32.5. The fourth-order valence-corrected chi connectivity index (χ4v) is 7.10. The van der Waals surface area contributed by atoms with Crippen molar-refractivity contribution in [1.82, 2.24) is 5.32 Å². The molecule has 0 heterocycles. The van der Waals surface area contributed by atoms with Crippen LogP contribution >= 0.6 is 0 Å². The van der Waals surface area contributed by atoms with Crippen molar-refractivity contribution in [2.24, 2.45) is 0 Å². The van der Waals surface area contributed by atoms with Crippen molar-refractivity contribution < 1.29 is 28.0 Å². The summed E-state index contributed by atoms with van der Waals surface area (Å²) in [4.78, 5) is 12.6. The highest BCUT2D eigenvalue weighted by molar-refractivity contribution is 7.85. The van der Waals surface area contributed by atoms with Gasteiger partial charge in [0.05, 0.1) is 17.9 Å². The third kappa shape index (κ3) is 31.9. The number of nitrogens with one attached hydrogen (secondary N) is 1. The van der Waals surface area contributed by atoms with E-state index < -0.39 is 40.0 Å². The molecule has 3 atom stereocenters. The Hall–Kier alpha value is -0.700. The highest BCUT2D eigenvalue weighted by Gasteiger charge is 2.28. The van der Waals surface area contributed by atoms with Crippen molar-refractivity contribution in [2.45, 2.75) is 231 Å². The van der Waals surface area contributed by atoms with Crippen LogP contribution < -0.4 is 5.32 Å². The molecular weight excluding hydrogens is 598 g/mol. The first-order valence-electron chi connectivity index (χ1n) is 19.8. The lowest BCUT2D eigenvalue weighted by atomic mass is 10.0. The molecule has 0 aromatic heterocycles. The second-order valence-corrected chi connectivity index (χ2v) is 15.6. The van der Waals surface area contributed by atoms with Gasteiger partial charge in [-0.05, 0) is 12.8 Å². The van der Waals surface area contributed by atoms with Gasteiger partial charge >= 0.3 is 0 Å². The molecule has 8 heteroatoms. The molecule has 0 radical (unpaired) electrons. The summed E-state index contributed by atoms with van der Waals surface area (Å²) in [6.07, 6.45) is 34.0. The van der Waals surface area contributed by atoms with Gasteiger partial charge < -0.3 is 15.5 Å². The first-order chi connectivity index (χ1) is 22.2. The Labute approximate surface area is 285 Å². The van der Waals surface area contributed by atoms with Gasteiger partial charge in [-0.2, -0.15) is 8.42 Å². The van der Waals surface area contributed by atoms with E-state index in [2.05, 4.69) is 19.2 Å². The average molecular weight is 676 g/mol. The molecule has 0 saturated carbocycles. The first-order valence-corrected chi connectivity index (χ1v) is 21.4. The van der Waals surface area contributed by atoms with Crippen molar-refractivity contribution in [1.29, 1.82) is 0 Å². The molecule has 0 aliphatic heterocycles. The summed E-state index contributed by atoms with van der Waals surface area (Å²) in [6.45, 7) is 4.50. The maximum Gasteiger partial charge on any atom is 0.266 e. The molecule has 0 aliphatic carbocycles. The number of hydrogen-bond donors (Lipinski definition) is 4. The molecule has 0 bridgehead atoms. The molecule has 0 fully saturated rings. The third-order valence-corrected chi connectivity index (χ3v) is 10.2. The fourth-order valence-electron chi connectivity index (χ4n) is 6.34. The van der Waals surface area contributed by atoms with Gasteiger partial charge in [0.1, 0.15) is 6.10 Å². The van der Waals surface area contributed by atoms with E-state index in [1.54, 1.807) is 0 Å². The monoisotopic (exact) mass is 676 g/mol. The van der Waals surface area contributed by atoms with Gasteiger partial charge in [0.15, 0.2) is 0 Å². The SMILES string of the molecule is CCCCCCCCCCCCCCCCCCC(O)C(=O)NC(CS(=O)(=O)O)C(O)CCCCCCCCCCCCCCC. The van der Waals surface area contributed by atoms with E-state index >= 15 is 0 Å². The predicted molar refractivity (Wildman–Crippen MR) is 195 cm³/mol. The van der Waals surface area contributed by atoms with E-state index in [9.17, 15) is 28.0 Å². The fraction of sp³-hybridized carbons (Fsp3) is 0.974. The smallest absolute Gasteiger partial charge is 0.266 e. The van der Waals surface area contributed by atoms with Crippen LogP contribution in [-0.2, 0) is 14.9 Å². The minimum absolute atomic E-state index is 0.303. The van der Waals surface area contributed by atoms with E-state index in [-0.39, 0.29) is 0 Å². The van der Waals surface area contributed by atoms with E-state index in [0.29, 0.717) is 12.8 Å². The molecule has 46 heavy (non-hydrogen) atoms. The minimum Gasteiger partial charge on any atom is -0.391 e. The largest absolute Gasteiger partial charge is 0.391 e. The molecule has 0 aromatic carbocycles. The first kappa shape index (κ1) is 45.3. The Bertz CT molecular complexity index is 762. The van der Waals surface area contributed by atoms with Crippen LogP contribution in [0.2, 0.25) is 0 Å². The summed E-state index contributed by atoms with van der Waals surface area (Å²) in [7, 11) is -4.40. The van der Waals surface area contributed by atoms with Crippen molar-refractivity contribution in [3.63, 3.8) is 0 Å². The van der Waals surface area contributed by atoms with Crippen LogP contribution in [0.4, 0.5) is 0 Å². The molecule has 0 aromatic rings. The number of aliphatic hydroxyl groups excluding tert-OH is 2. The molecule has 0 saturated heterocycles. The molecular formula is C38H77NO6S. The molecule has 4 N–H and O–H groups in total. The number of amides is 1. The van der Waals surface area contributed by atoms with Crippen LogP contribution in [0, 0.1) is 0 Å². The van der Waals surface area contributed by atoms with Crippen molar-refractivity contribution in [3.8, 4) is 0 Å². The number of rotatable bonds is 36. The summed E-state index contributed by atoms with van der Waals surface area (Å²) in [6, 6.07) is -1.14. The molecule has 1 amide bonds. The van der Waals surface area contributed by atoms with Crippen LogP contribution in [-0.4, -0.2) is 53.1 Å². The summed E-state index contributed by atoms with van der Waals surface area (Å²) in [5.74, 6) is -1.44. The van der Waals surface area contributed by atoms with Crippen LogP contribution in [0.1, 0.15) is 213 Å². The zero-order chi connectivity index (χ0) is 34.1. The Morgan fingerprint density at radius 3 is 1.09 bits per heavy atom. The van der Waals surface area contributed by atoms with E-state index in [1.807, 2.05) is 0 Å². The zero-order valence-corrected chi connectivity index (χ0v) is 31.2. The molecule has 0 aliphatic rings. The quantitative estimate of drug-likeness (QED) is 0.0387. The summed E-state index contributed by atoms with van der Waals surface area (Å²) in [5.41, 5.74) is 0. The van der Waals surface area contributed by atoms with Crippen LogP contribution in [0.15, 0.2) is 0 Å². The van der Waals surface area contributed by atoms with Crippen molar-refractivity contribution in [2.75, 3.05) is 5.75 Å². The van der Waals surface area contributed by atoms with Gasteiger partial charge in [0, 0.05) is 0 Å². The van der Waals surface area contributed by atoms with E-state index in [0.717, 1.165) is 44.9 Å². The molecule has 3 unspecified atom stereocenters. The van der Waals surface area contributed by atoms with E-state index in [4.69, 9.17) is 0 Å². The zero-order valence-electron chi connectivity index (χ0n) is 30.3. The predicted octanol–water partition coefficient (Wildman–Crippen LogP) is 10.2. The molecule has 7 nitrogen and oxygen atoms in total. The molecule has 0 spiro atoms. The standard InChI is InChI=1S/C38H77NO6S/c1-3-5-7-9-11-13-15-17-18-19-21-23-25-27-29-31-33-37(41)38(42)39-35(34-46(43,44)45)36(40)32-30-28-26-24-22-20-16-14-12-10-8-6-4-2/h35-37,40-41H,3-34H2,1-2H3,(H,39,42)(H,43,44,45). The van der Waals surface area contributed by atoms with Crippen LogP contribution in [0.5, 0.6) is 0 Å². The van der Waals surface area contributed by atoms with Gasteiger partial charge in [-0.15, -0.1) is 0 Å². The van der Waals surface area contributed by atoms with Crippen molar-refractivity contribution >= 4 is 16.0 Å². The Morgan fingerprint density at radius 1 is 0.500 bits per heavy atom. The Kier molecular flexibility index (Phi) is 32.3.